The van der Waals surface area contributed by atoms with Gasteiger partial charge in [0, 0.05) is 11.6 Å². The Morgan fingerprint density at radius 3 is 2.60 bits per heavy atom. The molecule has 0 aliphatic heterocycles. The largest absolute Gasteiger partial charge is 0.465 e. The van der Waals surface area contributed by atoms with E-state index in [0.717, 1.165) is 18.1 Å². The van der Waals surface area contributed by atoms with Gasteiger partial charge in [-0.3, -0.25) is 0 Å². The first kappa shape index (κ1) is 15.6. The minimum atomic E-state index is 0.448. The second-order valence-electron chi connectivity index (χ2n) is 6.25. The van der Waals surface area contributed by atoms with E-state index in [2.05, 4.69) is 25.2 Å². The van der Waals surface area contributed by atoms with Crippen molar-refractivity contribution in [3.8, 4) is 0 Å². The van der Waals surface area contributed by atoms with Crippen LogP contribution in [-0.4, -0.2) is 12.1 Å². The molecule has 1 aliphatic carbocycles. The van der Waals surface area contributed by atoms with Crippen molar-refractivity contribution in [2.75, 3.05) is 0 Å². The van der Waals surface area contributed by atoms with Gasteiger partial charge in [0.15, 0.2) is 0 Å². The smallest absolute Gasteiger partial charge is 0.118 e. The van der Waals surface area contributed by atoms with Gasteiger partial charge in [-0.05, 0) is 25.8 Å². The highest BCUT2D eigenvalue weighted by molar-refractivity contribution is 5.20. The minimum absolute atomic E-state index is 0.448. The Kier molecular flexibility index (Phi) is 6.11. The zero-order valence-corrected chi connectivity index (χ0v) is 13.2. The first-order valence-corrected chi connectivity index (χ1v) is 8.08. The van der Waals surface area contributed by atoms with Crippen LogP contribution in [0.25, 0.3) is 0 Å². The molecule has 1 aromatic heterocycles. The number of ether oxygens (including phenoxy) is 1. The summed E-state index contributed by atoms with van der Waals surface area (Å²) in [5, 5.41) is 3.38. The Balaban J connectivity index is 1.82. The lowest BCUT2D eigenvalue weighted by atomic mass is 10.1. The summed E-state index contributed by atoms with van der Waals surface area (Å²) in [6.07, 6.45) is 8.27. The van der Waals surface area contributed by atoms with Crippen LogP contribution in [0.4, 0.5) is 0 Å². The molecule has 0 amide bonds. The quantitative estimate of drug-likeness (QED) is 0.787. The van der Waals surface area contributed by atoms with Gasteiger partial charge in [-0.25, -0.2) is 0 Å². The van der Waals surface area contributed by atoms with E-state index >= 15 is 0 Å². The van der Waals surface area contributed by atoms with Crippen molar-refractivity contribution in [1.82, 2.24) is 5.32 Å². The maximum atomic E-state index is 6.09. The van der Waals surface area contributed by atoms with Crippen LogP contribution >= 0.6 is 0 Å². The van der Waals surface area contributed by atoms with Gasteiger partial charge in [0.2, 0.25) is 0 Å². The second-order valence-corrected chi connectivity index (χ2v) is 6.25. The van der Waals surface area contributed by atoms with Crippen molar-refractivity contribution in [2.24, 2.45) is 0 Å². The molecule has 0 radical (unpaired) electrons. The van der Waals surface area contributed by atoms with Gasteiger partial charge in [-0.2, -0.15) is 0 Å². The highest BCUT2D eigenvalue weighted by Crippen LogP contribution is 2.22. The van der Waals surface area contributed by atoms with Crippen molar-refractivity contribution in [3.63, 3.8) is 0 Å². The summed E-state index contributed by atoms with van der Waals surface area (Å²) in [6.45, 7) is 7.81. The highest BCUT2D eigenvalue weighted by atomic mass is 16.5. The summed E-state index contributed by atoms with van der Waals surface area (Å²) in [5.41, 5.74) is 1.20. The predicted octanol–water partition coefficient (Wildman–Crippen LogP) is 4.33. The standard InChI is InChI=1S/C17H29NO2/c1-13(2)18-11-17-10-15(14(3)20-17)12-19-16-8-6-4-5-7-9-16/h10,13,16,18H,4-9,11-12H2,1-3H3. The molecule has 1 fully saturated rings. The van der Waals surface area contributed by atoms with Gasteiger partial charge < -0.3 is 14.5 Å². The molecular weight excluding hydrogens is 250 g/mol. The van der Waals surface area contributed by atoms with Crippen LogP contribution in [0.15, 0.2) is 10.5 Å². The van der Waals surface area contributed by atoms with Crippen molar-refractivity contribution < 1.29 is 9.15 Å². The maximum Gasteiger partial charge on any atom is 0.118 e. The fourth-order valence-electron chi connectivity index (χ4n) is 2.74. The number of hydrogen-bond donors (Lipinski definition) is 1. The third kappa shape index (κ3) is 4.95. The Hall–Kier alpha value is -0.800. The summed E-state index contributed by atoms with van der Waals surface area (Å²) in [5.74, 6) is 2.01. The topological polar surface area (TPSA) is 34.4 Å². The molecule has 1 saturated carbocycles. The maximum absolute atomic E-state index is 6.09. The minimum Gasteiger partial charge on any atom is -0.465 e. The summed E-state index contributed by atoms with van der Waals surface area (Å²) in [7, 11) is 0. The van der Waals surface area contributed by atoms with Crippen LogP contribution in [-0.2, 0) is 17.9 Å². The molecule has 0 spiro atoms. The van der Waals surface area contributed by atoms with Crippen LogP contribution in [0.3, 0.4) is 0 Å². The molecule has 1 N–H and O–H groups in total. The Morgan fingerprint density at radius 1 is 1.25 bits per heavy atom. The highest BCUT2D eigenvalue weighted by Gasteiger charge is 2.14. The Morgan fingerprint density at radius 2 is 1.95 bits per heavy atom. The van der Waals surface area contributed by atoms with E-state index < -0.39 is 0 Å². The fraction of sp³-hybridized carbons (Fsp3) is 0.765. The summed E-state index contributed by atoms with van der Waals surface area (Å²) < 4.78 is 11.9. The molecule has 1 aromatic rings. The zero-order chi connectivity index (χ0) is 14.4. The lowest BCUT2D eigenvalue weighted by molar-refractivity contribution is 0.0304. The third-order valence-electron chi connectivity index (χ3n) is 4.03. The summed E-state index contributed by atoms with van der Waals surface area (Å²) in [4.78, 5) is 0. The lowest BCUT2D eigenvalue weighted by Crippen LogP contribution is -2.21. The molecular formula is C17H29NO2. The number of hydrogen-bond acceptors (Lipinski definition) is 3. The van der Waals surface area contributed by atoms with Gasteiger partial charge in [0.05, 0.1) is 19.3 Å². The number of nitrogens with one attached hydrogen (secondary N) is 1. The average Bonchev–Trinajstić information content (AvgIpc) is 2.63. The second kappa shape index (κ2) is 7.84. The molecule has 1 aliphatic rings. The van der Waals surface area contributed by atoms with Crippen LogP contribution < -0.4 is 5.32 Å². The van der Waals surface area contributed by atoms with Crippen LogP contribution in [0, 0.1) is 6.92 Å². The van der Waals surface area contributed by atoms with Crippen molar-refractivity contribution >= 4 is 0 Å². The number of aryl methyl sites for hydroxylation is 1. The van der Waals surface area contributed by atoms with Gasteiger partial charge in [0.25, 0.3) is 0 Å². The van der Waals surface area contributed by atoms with Crippen molar-refractivity contribution in [1.29, 1.82) is 0 Å². The van der Waals surface area contributed by atoms with E-state index in [9.17, 15) is 0 Å². The van der Waals surface area contributed by atoms with Crippen LogP contribution in [0.1, 0.15) is 69.5 Å². The number of rotatable bonds is 6. The lowest BCUT2D eigenvalue weighted by Gasteiger charge is -2.14. The van der Waals surface area contributed by atoms with E-state index in [0.29, 0.717) is 18.8 Å². The van der Waals surface area contributed by atoms with Crippen LogP contribution in [0.5, 0.6) is 0 Å². The molecule has 2 rings (SSSR count). The first-order chi connectivity index (χ1) is 9.65. The third-order valence-corrected chi connectivity index (χ3v) is 4.03. The first-order valence-electron chi connectivity index (χ1n) is 8.08. The van der Waals surface area contributed by atoms with Gasteiger partial charge in [-0.15, -0.1) is 0 Å². The molecule has 3 nitrogen and oxygen atoms in total. The van der Waals surface area contributed by atoms with E-state index in [4.69, 9.17) is 9.15 Å². The molecule has 1 heterocycles. The molecule has 0 saturated heterocycles. The van der Waals surface area contributed by atoms with Crippen molar-refractivity contribution in [3.05, 3.63) is 23.2 Å². The van der Waals surface area contributed by atoms with Gasteiger partial charge in [0.1, 0.15) is 11.5 Å². The SMILES string of the molecule is Cc1oc(CNC(C)C)cc1COC1CCCCCC1. The molecule has 20 heavy (non-hydrogen) atoms. The molecule has 114 valence electrons. The Labute approximate surface area is 123 Å². The fourth-order valence-corrected chi connectivity index (χ4v) is 2.74. The molecule has 0 unspecified atom stereocenters. The summed E-state index contributed by atoms with van der Waals surface area (Å²) >= 11 is 0. The molecule has 0 atom stereocenters. The van der Waals surface area contributed by atoms with Gasteiger partial charge in [-0.1, -0.05) is 39.5 Å². The Bertz CT molecular complexity index is 390. The van der Waals surface area contributed by atoms with E-state index in [1.165, 1.54) is 44.1 Å². The molecule has 0 aromatic carbocycles. The molecule has 0 bridgehead atoms. The monoisotopic (exact) mass is 279 g/mol. The van der Waals surface area contributed by atoms with Crippen LogP contribution in [0.2, 0.25) is 0 Å². The van der Waals surface area contributed by atoms with Gasteiger partial charge >= 0.3 is 0 Å². The summed E-state index contributed by atoms with van der Waals surface area (Å²) in [6, 6.07) is 2.62. The van der Waals surface area contributed by atoms with E-state index in [-0.39, 0.29) is 0 Å². The van der Waals surface area contributed by atoms with E-state index in [1.54, 1.807) is 0 Å². The normalized spacial score (nSPS) is 17.6. The number of furan rings is 1. The predicted molar refractivity (Wildman–Crippen MR) is 81.7 cm³/mol. The molecule has 3 heteroatoms. The van der Waals surface area contributed by atoms with E-state index in [1.807, 2.05) is 6.92 Å². The van der Waals surface area contributed by atoms with Crippen molar-refractivity contribution in [2.45, 2.75) is 84.6 Å². The zero-order valence-electron chi connectivity index (χ0n) is 13.2. The average molecular weight is 279 g/mol.